The third-order valence-electron chi connectivity index (χ3n) is 2.55. The molecule has 1 N–H and O–H groups in total. The molecule has 0 aliphatic carbocycles. The third kappa shape index (κ3) is 6.33. The molecule has 3 atom stereocenters. The van der Waals surface area contributed by atoms with Gasteiger partial charge in [0.25, 0.3) is 0 Å². The number of amides is 1. The third-order valence-corrected chi connectivity index (χ3v) is 3.48. The summed E-state index contributed by atoms with van der Waals surface area (Å²) in [5, 5.41) is 2.70. The van der Waals surface area contributed by atoms with Crippen LogP contribution < -0.4 is 5.32 Å². The Morgan fingerprint density at radius 1 is 1.53 bits per heavy atom. The van der Waals surface area contributed by atoms with Gasteiger partial charge >= 0.3 is 0 Å². The van der Waals surface area contributed by atoms with Crippen LogP contribution in [0.2, 0.25) is 0 Å². The second-order valence-electron chi connectivity index (χ2n) is 3.94. The quantitative estimate of drug-likeness (QED) is 0.564. The number of carbonyl (C=O) groups is 1. The van der Waals surface area contributed by atoms with Crippen molar-refractivity contribution in [3.63, 3.8) is 0 Å². The summed E-state index contributed by atoms with van der Waals surface area (Å²) < 4.78 is 13.2. The van der Waals surface area contributed by atoms with Gasteiger partial charge in [0.1, 0.15) is 6.67 Å². The molecular formula is C11H21FINO. The van der Waals surface area contributed by atoms with Gasteiger partial charge in [-0.15, -0.1) is 0 Å². The molecule has 0 aliphatic rings. The lowest BCUT2D eigenvalue weighted by molar-refractivity contribution is -0.120. The average Bonchev–Trinajstić information content (AvgIpc) is 2.15. The molecule has 1 amide bonds. The van der Waals surface area contributed by atoms with E-state index in [1.807, 2.05) is 0 Å². The maximum Gasteiger partial charge on any atom is 0.217 e. The van der Waals surface area contributed by atoms with E-state index >= 15 is 0 Å². The van der Waals surface area contributed by atoms with Crippen molar-refractivity contribution in [3.05, 3.63) is 0 Å². The van der Waals surface area contributed by atoms with Gasteiger partial charge in [-0.2, -0.15) is 0 Å². The van der Waals surface area contributed by atoms with Crippen LogP contribution in [-0.2, 0) is 4.79 Å². The van der Waals surface area contributed by atoms with Gasteiger partial charge in [-0.05, 0) is 12.3 Å². The van der Waals surface area contributed by atoms with Crippen LogP contribution in [0.15, 0.2) is 0 Å². The van der Waals surface area contributed by atoms with Crippen molar-refractivity contribution in [1.29, 1.82) is 0 Å². The van der Waals surface area contributed by atoms with E-state index < -0.39 is 6.67 Å². The van der Waals surface area contributed by atoms with E-state index in [0.717, 1.165) is 19.3 Å². The number of carbonyl (C=O) groups excluding carboxylic acids is 1. The number of hydrogen-bond acceptors (Lipinski definition) is 1. The first kappa shape index (κ1) is 15.1. The van der Waals surface area contributed by atoms with E-state index in [-0.39, 0.29) is 17.9 Å². The molecule has 2 unspecified atom stereocenters. The largest absolute Gasteiger partial charge is 0.351 e. The van der Waals surface area contributed by atoms with Crippen LogP contribution in [0, 0.1) is 5.92 Å². The maximum absolute atomic E-state index is 12.8. The number of halogens is 2. The molecule has 90 valence electrons. The summed E-state index contributed by atoms with van der Waals surface area (Å²) in [6.45, 7) is 5.17. The van der Waals surface area contributed by atoms with Gasteiger partial charge < -0.3 is 5.32 Å². The number of alkyl halides is 2. The smallest absolute Gasteiger partial charge is 0.217 e. The summed E-state index contributed by atoms with van der Waals surface area (Å²) in [4.78, 5) is 10.9. The zero-order chi connectivity index (χ0) is 11.8. The molecule has 0 saturated heterocycles. The van der Waals surface area contributed by atoms with Crippen LogP contribution in [0.1, 0.15) is 40.0 Å². The van der Waals surface area contributed by atoms with Crippen molar-refractivity contribution in [2.24, 2.45) is 5.92 Å². The molecule has 0 fully saturated rings. The fourth-order valence-corrected chi connectivity index (χ4v) is 2.57. The molecule has 0 rings (SSSR count). The van der Waals surface area contributed by atoms with E-state index in [1.165, 1.54) is 6.92 Å². The zero-order valence-corrected chi connectivity index (χ0v) is 11.9. The minimum absolute atomic E-state index is 0.142. The number of rotatable bonds is 7. The minimum atomic E-state index is -0.471. The van der Waals surface area contributed by atoms with Crippen LogP contribution in [0.4, 0.5) is 4.39 Å². The van der Waals surface area contributed by atoms with Crippen molar-refractivity contribution in [1.82, 2.24) is 5.32 Å². The van der Waals surface area contributed by atoms with Gasteiger partial charge in [-0.25, -0.2) is 4.39 Å². The molecular weight excluding hydrogens is 308 g/mol. The first-order chi connectivity index (χ1) is 7.02. The Hall–Kier alpha value is 0.130. The maximum atomic E-state index is 12.8. The van der Waals surface area contributed by atoms with Crippen molar-refractivity contribution in [2.75, 3.05) is 6.67 Å². The van der Waals surface area contributed by atoms with Crippen molar-refractivity contribution in [2.45, 2.75) is 50.0 Å². The summed E-state index contributed by atoms with van der Waals surface area (Å²) in [6.07, 6.45) is 3.18. The summed E-state index contributed by atoms with van der Waals surface area (Å²) in [5.74, 6) is 0.0932. The molecule has 0 aliphatic heterocycles. The monoisotopic (exact) mass is 329 g/mol. The standard InChI is InChI=1S/C11H21FINO/c1-4-5-6-10(8(2)13)11(7-12)14-9(3)15/h8,10-11H,4-7H2,1-3H3,(H,14,15)/t8?,10-,11?/m0/s1. The highest BCUT2D eigenvalue weighted by Gasteiger charge is 2.25. The van der Waals surface area contributed by atoms with Gasteiger partial charge in [0.2, 0.25) is 5.91 Å². The molecule has 0 aromatic carbocycles. The van der Waals surface area contributed by atoms with Crippen LogP contribution >= 0.6 is 22.6 Å². The number of nitrogens with one attached hydrogen (secondary N) is 1. The van der Waals surface area contributed by atoms with Crippen LogP contribution in [0.3, 0.4) is 0 Å². The molecule has 0 saturated carbocycles. The molecule has 0 aromatic heterocycles. The molecule has 15 heavy (non-hydrogen) atoms. The predicted octanol–water partition coefficient (Wildman–Crippen LogP) is 3.09. The second kappa shape index (κ2) is 8.30. The lowest BCUT2D eigenvalue weighted by atomic mass is 9.92. The molecule has 0 bridgehead atoms. The summed E-state index contributed by atoms with van der Waals surface area (Å²) >= 11 is 2.31. The van der Waals surface area contributed by atoms with Gasteiger partial charge in [0.05, 0.1) is 6.04 Å². The SMILES string of the molecule is CCCC[C@@H](C(C)I)C(CF)NC(C)=O. The Labute approximate surface area is 106 Å². The predicted molar refractivity (Wildman–Crippen MR) is 70.1 cm³/mol. The highest BCUT2D eigenvalue weighted by molar-refractivity contribution is 14.1. The Kier molecular flexibility index (Phi) is 8.37. The highest BCUT2D eigenvalue weighted by Crippen LogP contribution is 2.23. The summed E-state index contributed by atoms with van der Waals surface area (Å²) in [6, 6.07) is -0.319. The molecule has 0 radical (unpaired) electrons. The van der Waals surface area contributed by atoms with Gasteiger partial charge in [0, 0.05) is 10.8 Å². The van der Waals surface area contributed by atoms with E-state index in [4.69, 9.17) is 0 Å². The molecule has 2 nitrogen and oxygen atoms in total. The van der Waals surface area contributed by atoms with Crippen LogP contribution in [-0.4, -0.2) is 22.5 Å². The zero-order valence-electron chi connectivity index (χ0n) is 9.72. The highest BCUT2D eigenvalue weighted by atomic mass is 127. The number of hydrogen-bond donors (Lipinski definition) is 1. The van der Waals surface area contributed by atoms with Gasteiger partial charge in [0.15, 0.2) is 0 Å². The summed E-state index contributed by atoms with van der Waals surface area (Å²) in [7, 11) is 0. The van der Waals surface area contributed by atoms with E-state index in [0.29, 0.717) is 3.92 Å². The Bertz CT molecular complexity index is 187. The Morgan fingerprint density at radius 3 is 2.47 bits per heavy atom. The van der Waals surface area contributed by atoms with Crippen molar-refractivity contribution in [3.8, 4) is 0 Å². The van der Waals surface area contributed by atoms with Crippen molar-refractivity contribution >= 4 is 28.5 Å². The van der Waals surface area contributed by atoms with Gasteiger partial charge in [-0.3, -0.25) is 4.79 Å². The van der Waals surface area contributed by atoms with E-state index in [1.54, 1.807) is 0 Å². The second-order valence-corrected chi connectivity index (χ2v) is 5.91. The minimum Gasteiger partial charge on any atom is -0.351 e. The molecule has 0 spiro atoms. The van der Waals surface area contributed by atoms with Gasteiger partial charge in [-0.1, -0.05) is 49.3 Å². The Morgan fingerprint density at radius 2 is 2.13 bits per heavy atom. The fraction of sp³-hybridized carbons (Fsp3) is 0.909. The molecule has 4 heteroatoms. The lowest BCUT2D eigenvalue weighted by Crippen LogP contribution is -2.43. The van der Waals surface area contributed by atoms with Crippen molar-refractivity contribution < 1.29 is 9.18 Å². The first-order valence-corrected chi connectivity index (χ1v) is 6.74. The topological polar surface area (TPSA) is 29.1 Å². The summed E-state index contributed by atoms with van der Waals surface area (Å²) in [5.41, 5.74) is 0. The lowest BCUT2D eigenvalue weighted by Gasteiger charge is -2.27. The first-order valence-electron chi connectivity index (χ1n) is 5.50. The van der Waals surface area contributed by atoms with E-state index in [9.17, 15) is 9.18 Å². The molecule has 0 aromatic rings. The number of unbranched alkanes of at least 4 members (excludes halogenated alkanes) is 1. The molecule has 0 heterocycles. The Balaban J connectivity index is 4.33. The average molecular weight is 329 g/mol. The van der Waals surface area contributed by atoms with Crippen LogP contribution in [0.25, 0.3) is 0 Å². The normalized spacial score (nSPS) is 16.9. The van der Waals surface area contributed by atoms with Crippen LogP contribution in [0.5, 0.6) is 0 Å². The fourth-order valence-electron chi connectivity index (χ4n) is 1.71. The van der Waals surface area contributed by atoms with E-state index in [2.05, 4.69) is 41.8 Å².